The number of carboxylic acid groups (broad SMARTS) is 1. The predicted molar refractivity (Wildman–Crippen MR) is 91.2 cm³/mol. The van der Waals surface area contributed by atoms with Gasteiger partial charge in [0.1, 0.15) is 11.9 Å². The Labute approximate surface area is 147 Å². The zero-order valence-corrected chi connectivity index (χ0v) is 14.7. The number of amides is 1. The minimum atomic E-state index is -0.699. The largest absolute Gasteiger partial charge is 0.497 e. The highest BCUT2D eigenvalue weighted by atomic mass is 16.5. The summed E-state index contributed by atoms with van der Waals surface area (Å²) in [4.78, 5) is 25.5. The first kappa shape index (κ1) is 17.7. The quantitative estimate of drug-likeness (QED) is 0.855. The van der Waals surface area contributed by atoms with E-state index in [1.165, 1.54) is 0 Å². The Morgan fingerprint density at radius 1 is 1.36 bits per heavy atom. The van der Waals surface area contributed by atoms with Crippen molar-refractivity contribution < 1.29 is 24.2 Å². The van der Waals surface area contributed by atoms with E-state index >= 15 is 0 Å². The zero-order valence-electron chi connectivity index (χ0n) is 14.7. The molecule has 0 bridgehead atoms. The molecule has 1 aliphatic heterocycles. The number of rotatable bonds is 6. The van der Waals surface area contributed by atoms with Crippen LogP contribution in [0.15, 0.2) is 24.3 Å². The second-order valence-electron chi connectivity index (χ2n) is 7.09. The Morgan fingerprint density at radius 2 is 2.08 bits per heavy atom. The Balaban J connectivity index is 1.47. The molecule has 25 heavy (non-hydrogen) atoms. The number of piperidine rings is 1. The fourth-order valence-corrected chi connectivity index (χ4v) is 3.73. The third kappa shape index (κ3) is 3.79. The summed E-state index contributed by atoms with van der Waals surface area (Å²) in [6, 6.07) is 7.58. The summed E-state index contributed by atoms with van der Waals surface area (Å²) in [6.07, 6.45) is 1.79. The van der Waals surface area contributed by atoms with E-state index in [9.17, 15) is 9.59 Å². The van der Waals surface area contributed by atoms with Crippen LogP contribution in [-0.4, -0.2) is 48.2 Å². The Bertz CT molecular complexity index is 651. The number of nitrogens with zero attached hydrogens (tertiary/aromatic N) is 1. The molecule has 136 valence electrons. The van der Waals surface area contributed by atoms with E-state index in [1.807, 2.05) is 24.3 Å². The number of benzene rings is 1. The molecule has 6 heteroatoms. The van der Waals surface area contributed by atoms with Crippen molar-refractivity contribution in [2.45, 2.75) is 38.9 Å². The van der Waals surface area contributed by atoms with Gasteiger partial charge in [0.15, 0.2) is 0 Å². The summed E-state index contributed by atoms with van der Waals surface area (Å²) < 4.78 is 10.9. The van der Waals surface area contributed by atoms with Gasteiger partial charge in [-0.3, -0.25) is 9.59 Å². The Kier molecular flexibility index (Phi) is 4.99. The van der Waals surface area contributed by atoms with Gasteiger partial charge in [-0.1, -0.05) is 12.1 Å². The van der Waals surface area contributed by atoms with Crippen molar-refractivity contribution in [3.8, 4) is 5.75 Å². The third-order valence-electron chi connectivity index (χ3n) is 5.54. The first-order valence-corrected chi connectivity index (χ1v) is 8.71. The van der Waals surface area contributed by atoms with Gasteiger partial charge in [0.2, 0.25) is 0 Å². The monoisotopic (exact) mass is 347 g/mol. The minimum Gasteiger partial charge on any atom is -0.497 e. The molecule has 2 atom stereocenters. The number of ether oxygens (including phenoxy) is 2. The molecule has 2 unspecified atom stereocenters. The average molecular weight is 347 g/mol. The van der Waals surface area contributed by atoms with Gasteiger partial charge in [-0.15, -0.1) is 0 Å². The number of carbonyl (C=O) groups excluding carboxylic acids is 1. The van der Waals surface area contributed by atoms with Crippen LogP contribution in [-0.2, 0) is 20.9 Å². The smallest absolute Gasteiger partial charge is 0.307 e. The second-order valence-corrected chi connectivity index (χ2v) is 7.09. The lowest BCUT2D eigenvalue weighted by atomic mass is 9.90. The standard InChI is InChI=1S/C19H25NO5/c1-13(25-12-14-4-3-5-15(10-14)24-2)17(21)20-8-6-19(7-9-20)11-16(19)18(22)23/h3-5,10,13,16H,6-9,11-12H2,1-2H3,(H,22,23). The van der Waals surface area contributed by atoms with E-state index in [-0.39, 0.29) is 17.2 Å². The maximum Gasteiger partial charge on any atom is 0.307 e. The lowest BCUT2D eigenvalue weighted by Gasteiger charge is -2.34. The van der Waals surface area contributed by atoms with Crippen LogP contribution in [0, 0.1) is 11.3 Å². The van der Waals surface area contributed by atoms with Crippen LogP contribution < -0.4 is 4.74 Å². The van der Waals surface area contributed by atoms with Crippen LogP contribution in [0.2, 0.25) is 0 Å². The Morgan fingerprint density at radius 3 is 2.68 bits per heavy atom. The second kappa shape index (κ2) is 7.04. The molecule has 2 aliphatic rings. The molecule has 1 N–H and O–H groups in total. The van der Waals surface area contributed by atoms with Crippen molar-refractivity contribution >= 4 is 11.9 Å². The summed E-state index contributed by atoms with van der Waals surface area (Å²) in [6.45, 7) is 3.36. The summed E-state index contributed by atoms with van der Waals surface area (Å²) in [7, 11) is 1.62. The maximum atomic E-state index is 12.5. The molecule has 6 nitrogen and oxygen atoms in total. The molecule has 1 saturated carbocycles. The topological polar surface area (TPSA) is 76.1 Å². The van der Waals surface area contributed by atoms with Gasteiger partial charge in [-0.25, -0.2) is 0 Å². The fraction of sp³-hybridized carbons (Fsp3) is 0.579. The van der Waals surface area contributed by atoms with Crippen LogP contribution >= 0.6 is 0 Å². The van der Waals surface area contributed by atoms with Crippen molar-refractivity contribution in [3.63, 3.8) is 0 Å². The molecule has 1 amide bonds. The van der Waals surface area contributed by atoms with E-state index in [0.29, 0.717) is 19.7 Å². The summed E-state index contributed by atoms with van der Waals surface area (Å²) in [5.74, 6) is -0.176. The van der Waals surface area contributed by atoms with Crippen LogP contribution in [0.5, 0.6) is 5.75 Å². The molecule has 2 fully saturated rings. The van der Waals surface area contributed by atoms with E-state index in [4.69, 9.17) is 14.6 Å². The molecule has 1 aliphatic carbocycles. The van der Waals surface area contributed by atoms with E-state index in [2.05, 4.69) is 0 Å². The van der Waals surface area contributed by atoms with E-state index < -0.39 is 12.1 Å². The van der Waals surface area contributed by atoms with Crippen LogP contribution in [0.3, 0.4) is 0 Å². The van der Waals surface area contributed by atoms with Crippen molar-refractivity contribution in [3.05, 3.63) is 29.8 Å². The van der Waals surface area contributed by atoms with Gasteiger partial charge in [0, 0.05) is 13.1 Å². The molecular weight excluding hydrogens is 322 g/mol. The van der Waals surface area contributed by atoms with Crippen LogP contribution in [0.25, 0.3) is 0 Å². The van der Waals surface area contributed by atoms with Gasteiger partial charge >= 0.3 is 5.97 Å². The molecular formula is C19H25NO5. The highest BCUT2D eigenvalue weighted by Gasteiger charge is 2.59. The number of aliphatic carboxylic acids is 1. The predicted octanol–water partition coefficient (Wildman–Crippen LogP) is 2.31. The first-order chi connectivity index (χ1) is 11.9. The third-order valence-corrected chi connectivity index (χ3v) is 5.54. The SMILES string of the molecule is COc1cccc(COC(C)C(=O)N2CCC3(CC2)CC3C(=O)O)c1. The lowest BCUT2D eigenvalue weighted by molar-refractivity contribution is -0.145. The molecule has 0 aromatic heterocycles. The fourth-order valence-electron chi connectivity index (χ4n) is 3.73. The van der Waals surface area contributed by atoms with Crippen LogP contribution in [0.4, 0.5) is 0 Å². The van der Waals surface area contributed by atoms with E-state index in [1.54, 1.807) is 18.9 Å². The van der Waals surface area contributed by atoms with Crippen molar-refractivity contribution in [2.24, 2.45) is 11.3 Å². The highest BCUT2D eigenvalue weighted by molar-refractivity contribution is 5.81. The number of methoxy groups -OCH3 is 1. The van der Waals surface area contributed by atoms with Crippen LogP contribution in [0.1, 0.15) is 31.7 Å². The molecule has 1 spiro atoms. The van der Waals surface area contributed by atoms with Crippen molar-refractivity contribution in [2.75, 3.05) is 20.2 Å². The summed E-state index contributed by atoms with van der Waals surface area (Å²) in [5, 5.41) is 9.14. The first-order valence-electron chi connectivity index (χ1n) is 8.71. The van der Waals surface area contributed by atoms with Crippen molar-refractivity contribution in [1.29, 1.82) is 0 Å². The van der Waals surface area contributed by atoms with Crippen molar-refractivity contribution in [1.82, 2.24) is 4.90 Å². The van der Waals surface area contributed by atoms with Gasteiger partial charge in [-0.05, 0) is 49.3 Å². The van der Waals surface area contributed by atoms with Gasteiger partial charge in [-0.2, -0.15) is 0 Å². The molecule has 1 aromatic rings. The number of carbonyl (C=O) groups is 2. The lowest BCUT2D eigenvalue weighted by Crippen LogP contribution is -2.44. The van der Waals surface area contributed by atoms with Gasteiger partial charge in [0.05, 0.1) is 19.6 Å². The normalized spacial score (nSPS) is 22.5. The summed E-state index contributed by atoms with van der Waals surface area (Å²) >= 11 is 0. The van der Waals surface area contributed by atoms with E-state index in [0.717, 1.165) is 30.6 Å². The number of hydrogen-bond acceptors (Lipinski definition) is 4. The number of likely N-dealkylation sites (tertiary alicyclic amines) is 1. The average Bonchev–Trinajstić information content (AvgIpc) is 3.33. The molecule has 1 heterocycles. The molecule has 0 radical (unpaired) electrons. The minimum absolute atomic E-state index is 0.0229. The molecule has 3 rings (SSSR count). The summed E-state index contributed by atoms with van der Waals surface area (Å²) in [5.41, 5.74) is 0.895. The highest BCUT2D eigenvalue weighted by Crippen LogP contribution is 2.59. The maximum absolute atomic E-state index is 12.5. The number of hydrogen-bond donors (Lipinski definition) is 1. The zero-order chi connectivity index (χ0) is 18.0. The Hall–Kier alpha value is -2.08. The molecule has 1 aromatic carbocycles. The molecule has 1 saturated heterocycles. The van der Waals surface area contributed by atoms with Gasteiger partial charge in [0.25, 0.3) is 5.91 Å². The number of carboxylic acids is 1. The van der Waals surface area contributed by atoms with Gasteiger partial charge < -0.3 is 19.5 Å².